The summed E-state index contributed by atoms with van der Waals surface area (Å²) < 4.78 is 5.18. The van der Waals surface area contributed by atoms with Crippen molar-refractivity contribution in [3.8, 4) is 11.3 Å². The van der Waals surface area contributed by atoms with E-state index in [1.165, 1.54) is 0 Å². The summed E-state index contributed by atoms with van der Waals surface area (Å²) in [5, 5.41) is 2.94. The van der Waals surface area contributed by atoms with Gasteiger partial charge < -0.3 is 9.73 Å². The lowest BCUT2D eigenvalue weighted by atomic mass is 10.1. The van der Waals surface area contributed by atoms with Crippen molar-refractivity contribution in [2.45, 2.75) is 20.3 Å². The molecule has 1 aliphatic carbocycles. The van der Waals surface area contributed by atoms with E-state index in [9.17, 15) is 4.79 Å². The number of carbonyl (C=O) groups excluding carboxylic acids is 1. The minimum Gasteiger partial charge on any atom is -0.449 e. The highest BCUT2D eigenvalue weighted by Crippen LogP contribution is 2.38. The maximum Gasteiger partial charge on any atom is 0.227 e. The Balaban J connectivity index is 1.70. The van der Waals surface area contributed by atoms with E-state index in [1.54, 1.807) is 6.26 Å². The van der Waals surface area contributed by atoms with Crippen molar-refractivity contribution in [2.75, 3.05) is 5.32 Å². The van der Waals surface area contributed by atoms with Crippen molar-refractivity contribution in [1.82, 2.24) is 4.98 Å². The van der Waals surface area contributed by atoms with Crippen LogP contribution in [-0.4, -0.2) is 10.9 Å². The number of rotatable bonds is 3. The standard InChI is InChI=1S/C15H16N2O2/c1-9-7-13(9)15(18)17-12-5-3-11(4-6-12)14-8-19-10(2)16-14/h3-6,8-9,13H,7H2,1-2H3,(H,17,18). The van der Waals surface area contributed by atoms with Crippen LogP contribution in [0.25, 0.3) is 11.3 Å². The van der Waals surface area contributed by atoms with Crippen molar-refractivity contribution >= 4 is 11.6 Å². The summed E-state index contributed by atoms with van der Waals surface area (Å²) in [7, 11) is 0. The fraction of sp³-hybridized carbons (Fsp3) is 0.333. The topological polar surface area (TPSA) is 55.1 Å². The molecule has 2 aromatic rings. The smallest absolute Gasteiger partial charge is 0.227 e. The third-order valence-electron chi connectivity index (χ3n) is 3.51. The lowest BCUT2D eigenvalue weighted by Gasteiger charge is -2.05. The zero-order valence-electron chi connectivity index (χ0n) is 11.0. The molecular formula is C15H16N2O2. The highest BCUT2D eigenvalue weighted by Gasteiger charge is 2.38. The van der Waals surface area contributed by atoms with Crippen LogP contribution in [-0.2, 0) is 4.79 Å². The maximum atomic E-state index is 11.8. The third-order valence-corrected chi connectivity index (χ3v) is 3.51. The molecule has 2 unspecified atom stereocenters. The first-order chi connectivity index (χ1) is 9.13. The van der Waals surface area contributed by atoms with Gasteiger partial charge in [0.1, 0.15) is 12.0 Å². The molecular weight excluding hydrogens is 240 g/mol. The Morgan fingerprint density at radius 2 is 2.05 bits per heavy atom. The molecule has 1 N–H and O–H groups in total. The van der Waals surface area contributed by atoms with Crippen LogP contribution in [0.2, 0.25) is 0 Å². The van der Waals surface area contributed by atoms with E-state index >= 15 is 0 Å². The van der Waals surface area contributed by atoms with Gasteiger partial charge >= 0.3 is 0 Å². The Labute approximate surface area is 111 Å². The molecule has 4 nitrogen and oxygen atoms in total. The monoisotopic (exact) mass is 256 g/mol. The number of aromatic nitrogens is 1. The van der Waals surface area contributed by atoms with Gasteiger partial charge in [-0.15, -0.1) is 0 Å². The van der Waals surface area contributed by atoms with Crippen molar-refractivity contribution in [2.24, 2.45) is 11.8 Å². The molecule has 4 heteroatoms. The van der Waals surface area contributed by atoms with Crippen LogP contribution in [0.4, 0.5) is 5.69 Å². The highest BCUT2D eigenvalue weighted by molar-refractivity contribution is 5.94. The van der Waals surface area contributed by atoms with Gasteiger partial charge in [0.2, 0.25) is 5.91 Å². The van der Waals surface area contributed by atoms with E-state index in [0.29, 0.717) is 11.8 Å². The average molecular weight is 256 g/mol. The predicted octanol–water partition coefficient (Wildman–Crippen LogP) is 3.24. The second kappa shape index (κ2) is 4.53. The number of benzene rings is 1. The van der Waals surface area contributed by atoms with Crippen molar-refractivity contribution < 1.29 is 9.21 Å². The van der Waals surface area contributed by atoms with Gasteiger partial charge in [-0.05, 0) is 24.5 Å². The Morgan fingerprint density at radius 3 is 2.58 bits per heavy atom. The average Bonchev–Trinajstić information content (AvgIpc) is 2.97. The number of nitrogens with zero attached hydrogens (tertiary/aromatic N) is 1. The fourth-order valence-corrected chi connectivity index (χ4v) is 2.14. The molecule has 3 rings (SSSR count). The zero-order chi connectivity index (χ0) is 13.4. The third kappa shape index (κ3) is 2.52. The van der Waals surface area contributed by atoms with E-state index in [-0.39, 0.29) is 11.8 Å². The van der Waals surface area contributed by atoms with Crippen molar-refractivity contribution in [3.63, 3.8) is 0 Å². The van der Waals surface area contributed by atoms with E-state index in [4.69, 9.17) is 4.42 Å². The Bertz CT molecular complexity index is 601. The van der Waals surface area contributed by atoms with E-state index in [0.717, 1.165) is 23.4 Å². The number of hydrogen-bond donors (Lipinski definition) is 1. The van der Waals surface area contributed by atoms with Crippen LogP contribution in [0, 0.1) is 18.8 Å². The van der Waals surface area contributed by atoms with Gasteiger partial charge in [0.25, 0.3) is 0 Å². The highest BCUT2D eigenvalue weighted by atomic mass is 16.3. The summed E-state index contributed by atoms with van der Waals surface area (Å²) in [4.78, 5) is 16.1. The summed E-state index contributed by atoms with van der Waals surface area (Å²) >= 11 is 0. The van der Waals surface area contributed by atoms with Gasteiger partial charge in [0.15, 0.2) is 5.89 Å². The summed E-state index contributed by atoms with van der Waals surface area (Å²) in [6.07, 6.45) is 2.64. The Kier molecular flexibility index (Phi) is 2.85. The van der Waals surface area contributed by atoms with Gasteiger partial charge in [-0.3, -0.25) is 4.79 Å². The Morgan fingerprint density at radius 1 is 1.37 bits per heavy atom. The van der Waals surface area contributed by atoms with Crippen LogP contribution in [0.3, 0.4) is 0 Å². The van der Waals surface area contributed by atoms with Gasteiger partial charge in [0.05, 0.1) is 0 Å². The number of nitrogens with one attached hydrogen (secondary N) is 1. The SMILES string of the molecule is Cc1nc(-c2ccc(NC(=O)C3CC3C)cc2)co1. The largest absolute Gasteiger partial charge is 0.449 e. The van der Waals surface area contributed by atoms with Crippen LogP contribution >= 0.6 is 0 Å². The van der Waals surface area contributed by atoms with E-state index in [1.807, 2.05) is 31.2 Å². The summed E-state index contributed by atoms with van der Waals surface area (Å²) in [6, 6.07) is 7.65. The van der Waals surface area contributed by atoms with Crippen LogP contribution in [0.15, 0.2) is 34.9 Å². The molecule has 0 bridgehead atoms. The van der Waals surface area contributed by atoms with Gasteiger partial charge in [0, 0.05) is 24.1 Å². The molecule has 1 heterocycles. The molecule has 0 saturated heterocycles. The minimum absolute atomic E-state index is 0.123. The predicted molar refractivity (Wildman–Crippen MR) is 72.6 cm³/mol. The molecule has 1 saturated carbocycles. The molecule has 1 amide bonds. The number of carbonyl (C=O) groups is 1. The molecule has 1 aromatic heterocycles. The molecule has 0 radical (unpaired) electrons. The number of aryl methyl sites for hydroxylation is 1. The first kappa shape index (κ1) is 12.0. The first-order valence-electron chi connectivity index (χ1n) is 6.47. The van der Waals surface area contributed by atoms with E-state index in [2.05, 4.69) is 17.2 Å². The molecule has 0 aliphatic heterocycles. The van der Waals surface area contributed by atoms with Crippen molar-refractivity contribution in [3.05, 3.63) is 36.4 Å². The molecule has 98 valence electrons. The van der Waals surface area contributed by atoms with E-state index < -0.39 is 0 Å². The summed E-state index contributed by atoms with van der Waals surface area (Å²) in [5.74, 6) is 1.49. The quantitative estimate of drug-likeness (QED) is 0.917. The second-order valence-electron chi connectivity index (χ2n) is 5.14. The first-order valence-corrected chi connectivity index (χ1v) is 6.47. The van der Waals surface area contributed by atoms with Crippen LogP contribution in [0.5, 0.6) is 0 Å². The lowest BCUT2D eigenvalue weighted by Crippen LogP contribution is -2.14. The molecule has 19 heavy (non-hydrogen) atoms. The molecule has 0 spiro atoms. The van der Waals surface area contributed by atoms with Gasteiger partial charge in [-0.2, -0.15) is 0 Å². The molecule has 1 aromatic carbocycles. The zero-order valence-corrected chi connectivity index (χ0v) is 11.0. The minimum atomic E-state index is 0.123. The second-order valence-corrected chi connectivity index (χ2v) is 5.14. The number of anilines is 1. The number of amides is 1. The van der Waals surface area contributed by atoms with Crippen molar-refractivity contribution in [1.29, 1.82) is 0 Å². The van der Waals surface area contributed by atoms with Crippen LogP contribution in [0.1, 0.15) is 19.2 Å². The van der Waals surface area contributed by atoms with Gasteiger partial charge in [-0.25, -0.2) is 4.98 Å². The molecule has 1 aliphatic rings. The van der Waals surface area contributed by atoms with Gasteiger partial charge in [-0.1, -0.05) is 19.1 Å². The lowest BCUT2D eigenvalue weighted by molar-refractivity contribution is -0.117. The molecule has 1 fully saturated rings. The summed E-state index contributed by atoms with van der Waals surface area (Å²) in [6.45, 7) is 3.91. The molecule has 2 atom stereocenters. The number of oxazole rings is 1. The fourth-order valence-electron chi connectivity index (χ4n) is 2.14. The summed E-state index contributed by atoms with van der Waals surface area (Å²) in [5.41, 5.74) is 2.62. The normalized spacial score (nSPS) is 21.2. The maximum absolute atomic E-state index is 11.8. The van der Waals surface area contributed by atoms with Crippen LogP contribution < -0.4 is 5.32 Å². The number of hydrogen-bond acceptors (Lipinski definition) is 3. The Hall–Kier alpha value is -2.10.